The van der Waals surface area contributed by atoms with Gasteiger partial charge in [0.15, 0.2) is 0 Å². The molecule has 0 fully saturated rings. The van der Waals surface area contributed by atoms with Crippen molar-refractivity contribution in [1.29, 1.82) is 0 Å². The molecule has 0 saturated heterocycles. The van der Waals surface area contributed by atoms with E-state index in [1.54, 1.807) is 12.1 Å². The van der Waals surface area contributed by atoms with Gasteiger partial charge in [-0.15, -0.1) is 0 Å². The zero-order valence-corrected chi connectivity index (χ0v) is 11.0. The molecule has 3 aromatic rings. The molecule has 0 spiro atoms. The Morgan fingerprint density at radius 1 is 1.00 bits per heavy atom. The van der Waals surface area contributed by atoms with Crippen LogP contribution in [-0.4, -0.2) is 5.11 Å². The van der Waals surface area contributed by atoms with E-state index in [9.17, 15) is 9.50 Å². The van der Waals surface area contributed by atoms with Gasteiger partial charge in [0.25, 0.3) is 0 Å². The maximum Gasteiger partial charge on any atom is 0.136 e. The predicted octanol–water partition coefficient (Wildman–Crippen LogP) is 5.25. The lowest BCUT2D eigenvalue weighted by atomic mass is 10.1. The second kappa shape index (κ2) is 4.44. The third kappa shape index (κ3) is 2.15. The zero-order valence-electron chi connectivity index (χ0n) is 9.45. The van der Waals surface area contributed by atoms with Gasteiger partial charge in [-0.1, -0.05) is 23.2 Å². The highest BCUT2D eigenvalue weighted by Gasteiger charge is 2.13. The minimum atomic E-state index is -0.338. The Balaban J connectivity index is 2.21. The summed E-state index contributed by atoms with van der Waals surface area (Å²) in [6, 6.07) is 8.76. The number of hydrogen-bond donors (Lipinski definition) is 1. The Labute approximate surface area is 118 Å². The molecule has 1 heterocycles. The average molecular weight is 297 g/mol. The van der Waals surface area contributed by atoms with Crippen LogP contribution in [0.1, 0.15) is 0 Å². The van der Waals surface area contributed by atoms with Crippen LogP contribution in [0.3, 0.4) is 0 Å². The van der Waals surface area contributed by atoms with E-state index in [1.165, 1.54) is 24.3 Å². The summed E-state index contributed by atoms with van der Waals surface area (Å²) in [6.07, 6.45) is 0. The van der Waals surface area contributed by atoms with Gasteiger partial charge in [0.05, 0.1) is 10.0 Å². The fraction of sp³-hybridized carbons (Fsp3) is 0. The summed E-state index contributed by atoms with van der Waals surface area (Å²) >= 11 is 11.9. The van der Waals surface area contributed by atoms with E-state index in [0.29, 0.717) is 27.3 Å². The molecule has 3 rings (SSSR count). The van der Waals surface area contributed by atoms with Gasteiger partial charge in [-0.3, -0.25) is 0 Å². The largest absolute Gasteiger partial charge is 0.506 e. The van der Waals surface area contributed by atoms with E-state index < -0.39 is 0 Å². The predicted molar refractivity (Wildman–Crippen MR) is 73.3 cm³/mol. The van der Waals surface area contributed by atoms with Crippen LogP contribution in [0.25, 0.3) is 22.3 Å². The van der Waals surface area contributed by atoms with Crippen LogP contribution in [0.5, 0.6) is 5.75 Å². The summed E-state index contributed by atoms with van der Waals surface area (Å²) in [6.45, 7) is 0. The first-order chi connectivity index (χ1) is 9.04. The summed E-state index contributed by atoms with van der Waals surface area (Å²) < 4.78 is 18.7. The molecule has 0 atom stereocenters. The molecule has 1 aromatic heterocycles. The van der Waals surface area contributed by atoms with Crippen LogP contribution in [0.4, 0.5) is 4.39 Å². The highest BCUT2D eigenvalue weighted by molar-refractivity contribution is 6.36. The molecule has 0 saturated carbocycles. The van der Waals surface area contributed by atoms with Gasteiger partial charge in [0.1, 0.15) is 22.9 Å². The fourth-order valence-electron chi connectivity index (χ4n) is 1.87. The topological polar surface area (TPSA) is 33.4 Å². The van der Waals surface area contributed by atoms with Crippen LogP contribution in [0, 0.1) is 5.82 Å². The number of hydrogen-bond acceptors (Lipinski definition) is 2. The van der Waals surface area contributed by atoms with Gasteiger partial charge in [-0.25, -0.2) is 4.39 Å². The SMILES string of the molecule is Oc1cc(Cl)c(-c2cc3cc(F)ccc3o2)cc1Cl. The summed E-state index contributed by atoms with van der Waals surface area (Å²) in [5.74, 6) is 0.0276. The van der Waals surface area contributed by atoms with Gasteiger partial charge in [-0.2, -0.15) is 0 Å². The van der Waals surface area contributed by atoms with Crippen LogP contribution in [0.15, 0.2) is 40.8 Å². The molecule has 0 amide bonds. The molecule has 5 heteroatoms. The van der Waals surface area contributed by atoms with Gasteiger partial charge in [0, 0.05) is 17.0 Å². The lowest BCUT2D eigenvalue weighted by Gasteiger charge is -2.03. The first kappa shape index (κ1) is 12.3. The van der Waals surface area contributed by atoms with Crippen molar-refractivity contribution in [3.63, 3.8) is 0 Å². The molecule has 96 valence electrons. The van der Waals surface area contributed by atoms with Crippen LogP contribution >= 0.6 is 23.2 Å². The summed E-state index contributed by atoms with van der Waals surface area (Å²) in [4.78, 5) is 0. The number of halogens is 3. The molecule has 2 nitrogen and oxygen atoms in total. The second-order valence-corrected chi connectivity index (χ2v) is 4.89. The molecular weight excluding hydrogens is 290 g/mol. The molecule has 1 N–H and O–H groups in total. The third-order valence-electron chi connectivity index (χ3n) is 2.78. The average Bonchev–Trinajstić information content (AvgIpc) is 2.76. The number of rotatable bonds is 1. The number of benzene rings is 2. The normalized spacial score (nSPS) is 11.1. The van der Waals surface area contributed by atoms with Crippen molar-refractivity contribution in [2.75, 3.05) is 0 Å². The molecule has 0 aliphatic heterocycles. The molecule has 0 aliphatic carbocycles. The number of phenols is 1. The summed E-state index contributed by atoms with van der Waals surface area (Å²) in [7, 11) is 0. The maximum absolute atomic E-state index is 13.1. The van der Waals surface area contributed by atoms with Crippen LogP contribution in [0.2, 0.25) is 10.0 Å². The molecule has 0 unspecified atom stereocenters. The quantitative estimate of drug-likeness (QED) is 0.665. The third-order valence-corrected chi connectivity index (χ3v) is 3.40. The van der Waals surface area contributed by atoms with Crippen molar-refractivity contribution < 1.29 is 13.9 Å². The van der Waals surface area contributed by atoms with E-state index >= 15 is 0 Å². The van der Waals surface area contributed by atoms with Gasteiger partial charge < -0.3 is 9.52 Å². The minimum Gasteiger partial charge on any atom is -0.506 e. The van der Waals surface area contributed by atoms with Crippen molar-refractivity contribution in [2.24, 2.45) is 0 Å². The van der Waals surface area contributed by atoms with E-state index in [1.807, 2.05) is 0 Å². The number of aromatic hydroxyl groups is 1. The second-order valence-electron chi connectivity index (χ2n) is 4.08. The lowest BCUT2D eigenvalue weighted by Crippen LogP contribution is -1.78. The Hall–Kier alpha value is -1.71. The first-order valence-corrected chi connectivity index (χ1v) is 6.17. The maximum atomic E-state index is 13.1. The van der Waals surface area contributed by atoms with E-state index in [4.69, 9.17) is 27.6 Å². The highest BCUT2D eigenvalue weighted by Crippen LogP contribution is 2.38. The minimum absolute atomic E-state index is 0.0995. The Bertz CT molecular complexity index is 780. The first-order valence-electron chi connectivity index (χ1n) is 5.42. The highest BCUT2D eigenvalue weighted by atomic mass is 35.5. The van der Waals surface area contributed by atoms with Gasteiger partial charge >= 0.3 is 0 Å². The van der Waals surface area contributed by atoms with Crippen molar-refractivity contribution in [2.45, 2.75) is 0 Å². The monoisotopic (exact) mass is 296 g/mol. The number of furan rings is 1. The van der Waals surface area contributed by atoms with Crippen molar-refractivity contribution in [3.8, 4) is 17.1 Å². The van der Waals surface area contributed by atoms with Crippen molar-refractivity contribution >= 4 is 34.2 Å². The number of phenolic OH excluding ortho intramolecular Hbond substituents is 1. The fourth-order valence-corrected chi connectivity index (χ4v) is 2.29. The standard InChI is InChI=1S/C14H7Cl2FO2/c15-10-6-12(18)11(16)5-9(10)14-4-7-3-8(17)1-2-13(7)19-14/h1-6,18H. The van der Waals surface area contributed by atoms with Crippen LogP contribution in [-0.2, 0) is 0 Å². The van der Waals surface area contributed by atoms with E-state index in [-0.39, 0.29) is 16.6 Å². The Kier molecular flexibility index (Phi) is 2.88. The Morgan fingerprint density at radius 2 is 1.79 bits per heavy atom. The molecule has 2 aromatic carbocycles. The zero-order chi connectivity index (χ0) is 13.6. The van der Waals surface area contributed by atoms with E-state index in [2.05, 4.69) is 0 Å². The lowest BCUT2D eigenvalue weighted by molar-refractivity contribution is 0.475. The molecule has 0 aliphatic rings. The molecule has 0 bridgehead atoms. The van der Waals surface area contributed by atoms with E-state index in [0.717, 1.165) is 0 Å². The number of fused-ring (bicyclic) bond motifs is 1. The van der Waals surface area contributed by atoms with Gasteiger partial charge in [0.2, 0.25) is 0 Å². The van der Waals surface area contributed by atoms with Crippen molar-refractivity contribution in [1.82, 2.24) is 0 Å². The molecular formula is C14H7Cl2FO2. The summed E-state index contributed by atoms with van der Waals surface area (Å²) in [5, 5.41) is 10.6. The Morgan fingerprint density at radius 3 is 2.58 bits per heavy atom. The smallest absolute Gasteiger partial charge is 0.136 e. The molecule has 0 radical (unpaired) electrons. The van der Waals surface area contributed by atoms with Crippen molar-refractivity contribution in [3.05, 3.63) is 52.3 Å². The van der Waals surface area contributed by atoms with Crippen LogP contribution < -0.4 is 0 Å². The molecule has 19 heavy (non-hydrogen) atoms. The summed E-state index contributed by atoms with van der Waals surface area (Å²) in [5.41, 5.74) is 1.10. The van der Waals surface area contributed by atoms with Gasteiger partial charge in [-0.05, 0) is 30.3 Å².